The number of thiocarbonyl (C=S) groups is 1. The maximum absolute atomic E-state index is 5.67. The lowest BCUT2D eigenvalue weighted by Gasteiger charge is -2.44. The minimum atomic E-state index is 0.289. The van der Waals surface area contributed by atoms with Gasteiger partial charge in [0.2, 0.25) is 0 Å². The summed E-state index contributed by atoms with van der Waals surface area (Å²) in [6.45, 7) is 13.7. The first-order chi connectivity index (χ1) is 7.84. The van der Waals surface area contributed by atoms with Gasteiger partial charge in [0.05, 0.1) is 4.99 Å². The zero-order valence-electron chi connectivity index (χ0n) is 11.7. The molecule has 0 bridgehead atoms. The van der Waals surface area contributed by atoms with E-state index in [0.717, 1.165) is 39.0 Å². The Bertz CT molecular complexity index is 252. The summed E-state index contributed by atoms with van der Waals surface area (Å²) in [5.74, 6) is 0. The lowest BCUT2D eigenvalue weighted by atomic mass is 10.0. The fraction of sp³-hybridized carbons (Fsp3) is 0.923. The molecule has 0 aromatic carbocycles. The molecule has 0 aliphatic carbocycles. The standard InChI is InChI=1S/C13H27N3S/c1-5-11(10-12(14)17)15-6-8-16(9-7-15)13(2,3)4/h11H,5-10H2,1-4H3,(H2,14,17). The Morgan fingerprint density at radius 2 is 1.76 bits per heavy atom. The molecule has 1 aliphatic rings. The summed E-state index contributed by atoms with van der Waals surface area (Å²) in [6, 6.07) is 0.537. The molecule has 100 valence electrons. The molecule has 1 fully saturated rings. The Morgan fingerprint density at radius 1 is 1.24 bits per heavy atom. The quantitative estimate of drug-likeness (QED) is 0.779. The van der Waals surface area contributed by atoms with Gasteiger partial charge in [0, 0.05) is 44.2 Å². The summed E-state index contributed by atoms with van der Waals surface area (Å²) in [6.07, 6.45) is 1.99. The lowest BCUT2D eigenvalue weighted by Crippen LogP contribution is -2.55. The van der Waals surface area contributed by atoms with Crippen molar-refractivity contribution in [3.8, 4) is 0 Å². The molecule has 0 saturated carbocycles. The van der Waals surface area contributed by atoms with Gasteiger partial charge in [-0.15, -0.1) is 0 Å². The Kier molecular flexibility index (Phi) is 5.35. The van der Waals surface area contributed by atoms with Crippen molar-refractivity contribution in [2.75, 3.05) is 26.2 Å². The largest absolute Gasteiger partial charge is 0.393 e. The van der Waals surface area contributed by atoms with E-state index in [-0.39, 0.29) is 5.54 Å². The highest BCUT2D eigenvalue weighted by Crippen LogP contribution is 2.18. The molecule has 0 spiro atoms. The topological polar surface area (TPSA) is 32.5 Å². The van der Waals surface area contributed by atoms with Crippen molar-refractivity contribution >= 4 is 17.2 Å². The van der Waals surface area contributed by atoms with Gasteiger partial charge in [-0.2, -0.15) is 0 Å². The van der Waals surface area contributed by atoms with E-state index in [1.807, 2.05) is 0 Å². The Labute approximate surface area is 111 Å². The van der Waals surface area contributed by atoms with Crippen molar-refractivity contribution in [1.82, 2.24) is 9.80 Å². The number of hydrogen-bond donors (Lipinski definition) is 1. The normalized spacial score (nSPS) is 21.4. The SMILES string of the molecule is CCC(CC(N)=S)N1CCN(C(C)(C)C)CC1. The van der Waals surface area contributed by atoms with Crippen LogP contribution >= 0.6 is 12.2 Å². The highest BCUT2D eigenvalue weighted by Gasteiger charge is 2.28. The molecule has 1 aliphatic heterocycles. The van der Waals surface area contributed by atoms with E-state index in [2.05, 4.69) is 37.5 Å². The number of rotatable bonds is 4. The molecule has 0 radical (unpaired) electrons. The Hall–Kier alpha value is -0.190. The van der Waals surface area contributed by atoms with Crippen LogP contribution in [0.25, 0.3) is 0 Å². The highest BCUT2D eigenvalue weighted by molar-refractivity contribution is 7.80. The first-order valence-electron chi connectivity index (χ1n) is 6.62. The van der Waals surface area contributed by atoms with E-state index in [1.165, 1.54) is 0 Å². The molecular weight excluding hydrogens is 230 g/mol. The van der Waals surface area contributed by atoms with Crippen molar-refractivity contribution in [2.45, 2.75) is 52.1 Å². The number of piperazine rings is 1. The monoisotopic (exact) mass is 257 g/mol. The van der Waals surface area contributed by atoms with E-state index in [0.29, 0.717) is 11.0 Å². The van der Waals surface area contributed by atoms with E-state index >= 15 is 0 Å². The molecule has 1 heterocycles. The van der Waals surface area contributed by atoms with Gasteiger partial charge in [-0.05, 0) is 27.2 Å². The summed E-state index contributed by atoms with van der Waals surface area (Å²) in [7, 11) is 0. The molecular formula is C13H27N3S. The number of nitrogens with two attached hydrogens (primary N) is 1. The van der Waals surface area contributed by atoms with Gasteiger partial charge in [0.1, 0.15) is 0 Å². The van der Waals surface area contributed by atoms with Gasteiger partial charge in [-0.1, -0.05) is 19.1 Å². The number of nitrogens with zero attached hydrogens (tertiary/aromatic N) is 2. The third-order valence-electron chi connectivity index (χ3n) is 3.69. The van der Waals surface area contributed by atoms with Crippen LogP contribution in [0.3, 0.4) is 0 Å². The maximum atomic E-state index is 5.67. The zero-order valence-corrected chi connectivity index (χ0v) is 12.5. The average molecular weight is 257 g/mol. The first kappa shape index (κ1) is 14.9. The molecule has 0 aromatic heterocycles. The Morgan fingerprint density at radius 3 is 2.12 bits per heavy atom. The van der Waals surface area contributed by atoms with Crippen molar-refractivity contribution in [2.24, 2.45) is 5.73 Å². The first-order valence-corrected chi connectivity index (χ1v) is 7.02. The smallest absolute Gasteiger partial charge is 0.0743 e. The molecule has 17 heavy (non-hydrogen) atoms. The fourth-order valence-electron chi connectivity index (χ4n) is 2.52. The molecule has 1 unspecified atom stereocenters. The highest BCUT2D eigenvalue weighted by atomic mass is 32.1. The van der Waals surface area contributed by atoms with Crippen LogP contribution in [0.5, 0.6) is 0 Å². The summed E-state index contributed by atoms with van der Waals surface area (Å²) in [5, 5.41) is 0. The van der Waals surface area contributed by atoms with Crippen LogP contribution in [0.2, 0.25) is 0 Å². The van der Waals surface area contributed by atoms with Crippen molar-refractivity contribution in [3.05, 3.63) is 0 Å². The van der Waals surface area contributed by atoms with Crippen LogP contribution in [-0.2, 0) is 0 Å². The zero-order chi connectivity index (χ0) is 13.1. The second-order valence-corrected chi connectivity index (χ2v) is 6.45. The van der Waals surface area contributed by atoms with Crippen LogP contribution in [0.4, 0.5) is 0 Å². The lowest BCUT2D eigenvalue weighted by molar-refractivity contribution is 0.0426. The van der Waals surface area contributed by atoms with Gasteiger partial charge in [-0.3, -0.25) is 9.80 Å². The average Bonchev–Trinajstić information content (AvgIpc) is 2.24. The van der Waals surface area contributed by atoms with Gasteiger partial charge in [0.25, 0.3) is 0 Å². The van der Waals surface area contributed by atoms with Gasteiger partial charge < -0.3 is 5.73 Å². The third kappa shape index (κ3) is 4.53. The molecule has 3 nitrogen and oxygen atoms in total. The Balaban J connectivity index is 2.47. The van der Waals surface area contributed by atoms with Crippen molar-refractivity contribution in [1.29, 1.82) is 0 Å². The van der Waals surface area contributed by atoms with Gasteiger partial charge in [-0.25, -0.2) is 0 Å². The summed E-state index contributed by atoms with van der Waals surface area (Å²) in [5.41, 5.74) is 5.96. The van der Waals surface area contributed by atoms with Gasteiger partial charge >= 0.3 is 0 Å². The summed E-state index contributed by atoms with van der Waals surface area (Å²) < 4.78 is 0. The van der Waals surface area contributed by atoms with Crippen LogP contribution in [-0.4, -0.2) is 52.5 Å². The van der Waals surface area contributed by atoms with E-state index in [1.54, 1.807) is 0 Å². The minimum absolute atomic E-state index is 0.289. The van der Waals surface area contributed by atoms with E-state index in [9.17, 15) is 0 Å². The third-order valence-corrected chi connectivity index (χ3v) is 3.85. The van der Waals surface area contributed by atoms with Gasteiger partial charge in [0.15, 0.2) is 0 Å². The second kappa shape index (κ2) is 6.12. The number of hydrogen-bond acceptors (Lipinski definition) is 3. The molecule has 0 amide bonds. The summed E-state index contributed by atoms with van der Waals surface area (Å²) >= 11 is 5.03. The van der Waals surface area contributed by atoms with Crippen LogP contribution < -0.4 is 5.73 Å². The second-order valence-electron chi connectivity index (χ2n) is 5.93. The summed E-state index contributed by atoms with van der Waals surface area (Å²) in [4.78, 5) is 5.74. The fourth-order valence-corrected chi connectivity index (χ4v) is 2.71. The molecule has 1 atom stereocenters. The minimum Gasteiger partial charge on any atom is -0.393 e. The van der Waals surface area contributed by atoms with Crippen molar-refractivity contribution in [3.63, 3.8) is 0 Å². The van der Waals surface area contributed by atoms with Crippen LogP contribution in [0, 0.1) is 0 Å². The molecule has 0 aromatic rings. The van der Waals surface area contributed by atoms with E-state index in [4.69, 9.17) is 18.0 Å². The predicted octanol–water partition coefficient (Wildman–Crippen LogP) is 1.86. The van der Waals surface area contributed by atoms with Crippen molar-refractivity contribution < 1.29 is 0 Å². The molecule has 4 heteroatoms. The van der Waals surface area contributed by atoms with Crippen LogP contribution in [0.15, 0.2) is 0 Å². The maximum Gasteiger partial charge on any atom is 0.0743 e. The predicted molar refractivity (Wildman–Crippen MR) is 78.4 cm³/mol. The van der Waals surface area contributed by atoms with E-state index < -0.39 is 0 Å². The molecule has 1 rings (SSSR count). The molecule has 1 saturated heterocycles. The van der Waals surface area contributed by atoms with Crippen LogP contribution in [0.1, 0.15) is 40.5 Å². The molecule has 2 N–H and O–H groups in total.